The highest BCUT2D eigenvalue weighted by molar-refractivity contribution is 5.71. The van der Waals surface area contributed by atoms with Gasteiger partial charge >= 0.3 is 12.1 Å². The Morgan fingerprint density at radius 2 is 1.57 bits per heavy atom. The Morgan fingerprint density at radius 1 is 0.914 bits per heavy atom. The van der Waals surface area contributed by atoms with Gasteiger partial charge in [-0.05, 0) is 66.8 Å². The summed E-state index contributed by atoms with van der Waals surface area (Å²) < 4.78 is 11.6. The van der Waals surface area contributed by atoms with Crippen molar-refractivity contribution in [2.24, 2.45) is 0 Å². The summed E-state index contributed by atoms with van der Waals surface area (Å²) >= 11 is 0. The number of aryl methyl sites for hydroxylation is 3. The third kappa shape index (κ3) is 7.30. The molecule has 7 nitrogen and oxygen atoms in total. The summed E-state index contributed by atoms with van der Waals surface area (Å²) in [5.74, 6) is 0.384. The number of nitrogens with zero attached hydrogens (tertiary/aromatic N) is 2. The van der Waals surface area contributed by atoms with Gasteiger partial charge in [0.15, 0.2) is 0 Å². The lowest BCUT2D eigenvalue weighted by molar-refractivity contribution is -0.136. The third-order valence-corrected chi connectivity index (χ3v) is 6.05. The number of piperidine rings is 1. The Labute approximate surface area is 205 Å². The number of carbonyl (C=O) groups is 2. The molecule has 2 heterocycles. The van der Waals surface area contributed by atoms with Gasteiger partial charge in [-0.3, -0.25) is 9.78 Å². The van der Waals surface area contributed by atoms with Crippen LogP contribution in [-0.4, -0.2) is 46.2 Å². The highest BCUT2D eigenvalue weighted by Crippen LogP contribution is 2.21. The topological polar surface area (TPSA) is 89.0 Å². The molecule has 4 rings (SSSR count). The maximum absolute atomic E-state index is 12.6. The van der Waals surface area contributed by atoms with Gasteiger partial charge in [0.1, 0.15) is 17.6 Å². The van der Waals surface area contributed by atoms with E-state index in [-0.39, 0.29) is 18.6 Å². The van der Waals surface area contributed by atoms with Gasteiger partial charge in [0.2, 0.25) is 0 Å². The zero-order valence-corrected chi connectivity index (χ0v) is 19.9. The molecule has 3 aromatic rings. The zero-order chi connectivity index (χ0) is 24.6. The number of hydrogen-bond acceptors (Lipinski definition) is 5. The molecule has 1 aliphatic rings. The van der Waals surface area contributed by atoms with E-state index < -0.39 is 5.97 Å². The molecule has 0 bridgehead atoms. The normalized spacial score (nSPS) is 13.9. The second-order valence-corrected chi connectivity index (χ2v) is 8.86. The van der Waals surface area contributed by atoms with Crippen molar-refractivity contribution in [3.8, 4) is 11.5 Å². The summed E-state index contributed by atoms with van der Waals surface area (Å²) in [6.07, 6.45) is 4.69. The molecule has 0 spiro atoms. The van der Waals surface area contributed by atoms with Crippen molar-refractivity contribution < 1.29 is 24.2 Å². The van der Waals surface area contributed by atoms with Crippen molar-refractivity contribution in [2.45, 2.75) is 45.1 Å². The minimum atomic E-state index is -0.857. The van der Waals surface area contributed by atoms with E-state index in [0.717, 1.165) is 29.7 Å². The lowest BCUT2D eigenvalue weighted by Crippen LogP contribution is -2.43. The van der Waals surface area contributed by atoms with E-state index in [1.165, 1.54) is 5.56 Å². The van der Waals surface area contributed by atoms with Crippen LogP contribution in [0.1, 0.15) is 35.2 Å². The fourth-order valence-corrected chi connectivity index (χ4v) is 4.02. The molecule has 0 saturated carbocycles. The number of carboxylic acid groups (broad SMARTS) is 1. The fourth-order valence-electron chi connectivity index (χ4n) is 4.02. The number of hydrogen-bond donors (Lipinski definition) is 1. The van der Waals surface area contributed by atoms with E-state index in [4.69, 9.17) is 14.6 Å². The Kier molecular flexibility index (Phi) is 7.98. The lowest BCUT2D eigenvalue weighted by Gasteiger charge is -2.31. The SMILES string of the molecule is Cc1ccc(CCc2ccc(OC(=O)N3CCC(Oc4ccc(CC(=O)O)cc4)CC3)cc2)nc1. The summed E-state index contributed by atoms with van der Waals surface area (Å²) in [6.45, 7) is 3.14. The van der Waals surface area contributed by atoms with Gasteiger partial charge in [-0.15, -0.1) is 0 Å². The van der Waals surface area contributed by atoms with E-state index in [0.29, 0.717) is 37.4 Å². The molecule has 7 heteroatoms. The van der Waals surface area contributed by atoms with Crippen molar-refractivity contribution >= 4 is 12.1 Å². The standard InChI is InChI=1S/C28H30N2O5/c1-20-2-8-23(29-19-20)9-3-21-4-10-25(11-5-21)35-28(33)30-16-14-26(15-17-30)34-24-12-6-22(7-13-24)18-27(31)32/h2,4-8,10-13,19,26H,3,9,14-18H2,1H3,(H,31,32). The van der Waals surface area contributed by atoms with E-state index in [1.54, 1.807) is 29.2 Å². The van der Waals surface area contributed by atoms with Gasteiger partial charge < -0.3 is 19.5 Å². The number of benzene rings is 2. The smallest absolute Gasteiger partial charge is 0.415 e. The Bertz CT molecular complexity index is 1120. The first-order chi connectivity index (χ1) is 16.9. The monoisotopic (exact) mass is 474 g/mol. The Morgan fingerprint density at radius 3 is 2.20 bits per heavy atom. The second-order valence-electron chi connectivity index (χ2n) is 8.86. The molecule has 2 aromatic carbocycles. The molecule has 1 amide bonds. The van der Waals surface area contributed by atoms with Crippen LogP contribution in [-0.2, 0) is 24.1 Å². The number of rotatable bonds is 8. The highest BCUT2D eigenvalue weighted by atomic mass is 16.6. The van der Waals surface area contributed by atoms with Crippen molar-refractivity contribution in [1.29, 1.82) is 0 Å². The van der Waals surface area contributed by atoms with Crippen LogP contribution >= 0.6 is 0 Å². The summed E-state index contributed by atoms with van der Waals surface area (Å²) in [5, 5.41) is 8.86. The van der Waals surface area contributed by atoms with Crippen LogP contribution in [0.2, 0.25) is 0 Å². The molecule has 0 radical (unpaired) electrons. The maximum Gasteiger partial charge on any atom is 0.415 e. The minimum absolute atomic E-state index is 0.00554. The van der Waals surface area contributed by atoms with Gasteiger partial charge in [0, 0.05) is 37.8 Å². The third-order valence-electron chi connectivity index (χ3n) is 6.05. The predicted molar refractivity (Wildman–Crippen MR) is 132 cm³/mol. The molecule has 0 unspecified atom stereocenters. The molecule has 0 aliphatic carbocycles. The second kappa shape index (κ2) is 11.5. The zero-order valence-electron chi connectivity index (χ0n) is 19.9. The Hall–Kier alpha value is -3.87. The first kappa shape index (κ1) is 24.3. The van der Waals surface area contributed by atoms with Crippen LogP contribution in [0.5, 0.6) is 11.5 Å². The molecule has 1 N–H and O–H groups in total. The number of aliphatic carboxylic acids is 1. The number of carboxylic acids is 1. The average Bonchev–Trinajstić information content (AvgIpc) is 2.86. The molecule has 182 valence electrons. The molecule has 0 atom stereocenters. The van der Waals surface area contributed by atoms with Crippen molar-refractivity contribution in [3.63, 3.8) is 0 Å². The lowest BCUT2D eigenvalue weighted by atomic mass is 10.1. The average molecular weight is 475 g/mol. The first-order valence-corrected chi connectivity index (χ1v) is 11.9. The first-order valence-electron chi connectivity index (χ1n) is 11.9. The number of pyridine rings is 1. The molecule has 35 heavy (non-hydrogen) atoms. The predicted octanol–water partition coefficient (Wildman–Crippen LogP) is 4.84. The van der Waals surface area contributed by atoms with Crippen LogP contribution in [0.25, 0.3) is 0 Å². The molecule has 1 saturated heterocycles. The van der Waals surface area contributed by atoms with Gasteiger partial charge in [0.05, 0.1) is 6.42 Å². The van der Waals surface area contributed by atoms with Crippen LogP contribution < -0.4 is 9.47 Å². The summed E-state index contributed by atoms with van der Waals surface area (Å²) in [6, 6.07) is 18.9. The van der Waals surface area contributed by atoms with Gasteiger partial charge in [-0.2, -0.15) is 0 Å². The number of amides is 1. The van der Waals surface area contributed by atoms with E-state index in [2.05, 4.69) is 17.1 Å². The van der Waals surface area contributed by atoms with Gasteiger partial charge in [-0.25, -0.2) is 4.79 Å². The number of aromatic nitrogens is 1. The van der Waals surface area contributed by atoms with E-state index in [9.17, 15) is 9.59 Å². The molecule has 1 aliphatic heterocycles. The largest absolute Gasteiger partial charge is 0.490 e. The van der Waals surface area contributed by atoms with Crippen molar-refractivity contribution in [2.75, 3.05) is 13.1 Å². The van der Waals surface area contributed by atoms with Gasteiger partial charge in [0.25, 0.3) is 0 Å². The fraction of sp³-hybridized carbons (Fsp3) is 0.321. The molecule has 1 fully saturated rings. The van der Waals surface area contributed by atoms with Crippen LogP contribution in [0.3, 0.4) is 0 Å². The quantitative estimate of drug-likeness (QED) is 0.502. The van der Waals surface area contributed by atoms with Crippen LogP contribution in [0, 0.1) is 6.92 Å². The van der Waals surface area contributed by atoms with E-state index in [1.807, 2.05) is 37.4 Å². The number of likely N-dealkylation sites (tertiary alicyclic amines) is 1. The molecule has 1 aromatic heterocycles. The van der Waals surface area contributed by atoms with Crippen LogP contribution in [0.15, 0.2) is 66.9 Å². The van der Waals surface area contributed by atoms with Gasteiger partial charge in [-0.1, -0.05) is 30.3 Å². The molecular weight excluding hydrogens is 444 g/mol. The highest BCUT2D eigenvalue weighted by Gasteiger charge is 2.25. The van der Waals surface area contributed by atoms with Crippen molar-refractivity contribution in [3.05, 3.63) is 89.2 Å². The maximum atomic E-state index is 12.6. The number of ether oxygens (including phenoxy) is 2. The number of carbonyl (C=O) groups excluding carboxylic acids is 1. The minimum Gasteiger partial charge on any atom is -0.490 e. The van der Waals surface area contributed by atoms with E-state index >= 15 is 0 Å². The summed E-state index contributed by atoms with van der Waals surface area (Å²) in [5.41, 5.74) is 4.12. The molecular formula is C28H30N2O5. The summed E-state index contributed by atoms with van der Waals surface area (Å²) in [7, 11) is 0. The van der Waals surface area contributed by atoms with Crippen LogP contribution in [0.4, 0.5) is 4.79 Å². The van der Waals surface area contributed by atoms with Crippen molar-refractivity contribution in [1.82, 2.24) is 9.88 Å². The summed E-state index contributed by atoms with van der Waals surface area (Å²) in [4.78, 5) is 29.5. The Balaban J connectivity index is 1.20.